The van der Waals surface area contributed by atoms with E-state index in [-0.39, 0.29) is 6.04 Å². The third kappa shape index (κ3) is 2.54. The molecule has 94 valence electrons. The first-order valence-corrected chi connectivity index (χ1v) is 7.71. The molecule has 0 spiro atoms. The molecule has 1 aromatic carbocycles. The SMILES string of the molecule is CN[C@@H]1CCN(S(=O)(=O)c2ccccc2Br)C1. The predicted octanol–water partition coefficient (Wildman–Crippen LogP) is 1.43. The van der Waals surface area contributed by atoms with Gasteiger partial charge in [-0.25, -0.2) is 8.42 Å². The maximum Gasteiger partial charge on any atom is 0.244 e. The Morgan fingerprint density at radius 3 is 2.71 bits per heavy atom. The fourth-order valence-corrected chi connectivity index (χ4v) is 4.44. The minimum Gasteiger partial charge on any atom is -0.316 e. The zero-order valence-corrected chi connectivity index (χ0v) is 12.0. The van der Waals surface area contributed by atoms with Gasteiger partial charge in [0.05, 0.1) is 4.90 Å². The maximum absolute atomic E-state index is 12.4. The molecule has 1 saturated heterocycles. The molecule has 1 fully saturated rings. The molecule has 0 unspecified atom stereocenters. The van der Waals surface area contributed by atoms with Crippen LogP contribution in [0.5, 0.6) is 0 Å². The lowest BCUT2D eigenvalue weighted by Gasteiger charge is -2.17. The van der Waals surface area contributed by atoms with Crippen molar-refractivity contribution in [3.05, 3.63) is 28.7 Å². The van der Waals surface area contributed by atoms with Crippen LogP contribution in [0, 0.1) is 0 Å². The van der Waals surface area contributed by atoms with Gasteiger partial charge in [-0.15, -0.1) is 0 Å². The van der Waals surface area contributed by atoms with Gasteiger partial charge in [0.2, 0.25) is 10.0 Å². The first-order chi connectivity index (χ1) is 8.05. The fraction of sp³-hybridized carbons (Fsp3) is 0.455. The van der Waals surface area contributed by atoms with Gasteiger partial charge in [0.25, 0.3) is 0 Å². The Kier molecular flexibility index (Phi) is 3.87. The minimum absolute atomic E-state index is 0.257. The number of likely N-dealkylation sites (N-methyl/N-ethyl adjacent to an activating group) is 1. The van der Waals surface area contributed by atoms with Gasteiger partial charge in [-0.1, -0.05) is 12.1 Å². The van der Waals surface area contributed by atoms with E-state index in [2.05, 4.69) is 21.2 Å². The number of hydrogen-bond acceptors (Lipinski definition) is 3. The summed E-state index contributed by atoms with van der Waals surface area (Å²) in [4.78, 5) is 0.344. The number of benzene rings is 1. The standard InChI is InChI=1S/C11H15BrN2O2S/c1-13-9-6-7-14(8-9)17(15,16)11-5-3-2-4-10(11)12/h2-5,9,13H,6-8H2,1H3/t9-/m1/s1. The maximum atomic E-state index is 12.4. The quantitative estimate of drug-likeness (QED) is 0.917. The highest BCUT2D eigenvalue weighted by molar-refractivity contribution is 9.10. The highest BCUT2D eigenvalue weighted by Gasteiger charge is 2.32. The molecule has 4 nitrogen and oxygen atoms in total. The molecular formula is C11H15BrN2O2S. The number of rotatable bonds is 3. The van der Waals surface area contributed by atoms with E-state index < -0.39 is 10.0 Å². The monoisotopic (exact) mass is 318 g/mol. The van der Waals surface area contributed by atoms with E-state index in [0.717, 1.165) is 6.42 Å². The van der Waals surface area contributed by atoms with Crippen LogP contribution in [-0.2, 0) is 10.0 Å². The number of nitrogens with one attached hydrogen (secondary N) is 1. The molecule has 1 aliphatic rings. The molecule has 0 aliphatic carbocycles. The van der Waals surface area contributed by atoms with E-state index in [1.165, 1.54) is 4.31 Å². The summed E-state index contributed by atoms with van der Waals surface area (Å²) >= 11 is 3.29. The van der Waals surface area contributed by atoms with Crippen LogP contribution in [0.4, 0.5) is 0 Å². The van der Waals surface area contributed by atoms with E-state index in [0.29, 0.717) is 22.5 Å². The summed E-state index contributed by atoms with van der Waals surface area (Å²) in [6, 6.07) is 7.18. The lowest BCUT2D eigenvalue weighted by Crippen LogP contribution is -2.33. The zero-order valence-electron chi connectivity index (χ0n) is 9.56. The molecule has 1 heterocycles. The smallest absolute Gasteiger partial charge is 0.244 e. The Hall–Kier alpha value is -0.430. The van der Waals surface area contributed by atoms with Crippen LogP contribution in [0.2, 0.25) is 0 Å². The van der Waals surface area contributed by atoms with E-state index >= 15 is 0 Å². The minimum atomic E-state index is -3.37. The summed E-state index contributed by atoms with van der Waals surface area (Å²) in [5.41, 5.74) is 0. The Labute approximate surface area is 110 Å². The molecule has 0 aromatic heterocycles. The van der Waals surface area contributed by atoms with Gasteiger partial charge in [-0.05, 0) is 41.5 Å². The predicted molar refractivity (Wildman–Crippen MR) is 70.4 cm³/mol. The van der Waals surface area contributed by atoms with Crippen molar-refractivity contribution >= 4 is 26.0 Å². The zero-order chi connectivity index (χ0) is 12.5. The molecule has 1 N–H and O–H groups in total. The number of hydrogen-bond donors (Lipinski definition) is 1. The molecular weight excluding hydrogens is 304 g/mol. The number of nitrogens with zero attached hydrogens (tertiary/aromatic N) is 1. The lowest BCUT2D eigenvalue weighted by molar-refractivity contribution is 0.464. The molecule has 0 radical (unpaired) electrons. The van der Waals surface area contributed by atoms with Crippen LogP contribution in [0.3, 0.4) is 0 Å². The lowest BCUT2D eigenvalue weighted by atomic mass is 10.3. The Balaban J connectivity index is 2.29. The molecule has 0 saturated carbocycles. The van der Waals surface area contributed by atoms with Gasteiger partial charge in [-0.3, -0.25) is 0 Å². The highest BCUT2D eigenvalue weighted by Crippen LogP contribution is 2.26. The van der Waals surface area contributed by atoms with Gasteiger partial charge in [0.1, 0.15) is 0 Å². The van der Waals surface area contributed by atoms with Crippen molar-refractivity contribution < 1.29 is 8.42 Å². The summed E-state index contributed by atoms with van der Waals surface area (Å²) in [6.45, 7) is 1.12. The normalized spacial score (nSPS) is 21.9. The van der Waals surface area contributed by atoms with E-state index in [4.69, 9.17) is 0 Å². The van der Waals surface area contributed by atoms with Gasteiger partial charge in [0, 0.05) is 23.6 Å². The third-order valence-corrected chi connectivity index (χ3v) is 5.89. The Morgan fingerprint density at radius 1 is 1.41 bits per heavy atom. The first kappa shape index (κ1) is 13.0. The summed E-state index contributed by atoms with van der Waals surface area (Å²) in [6.07, 6.45) is 0.861. The third-order valence-electron chi connectivity index (χ3n) is 3.01. The molecule has 6 heteroatoms. The van der Waals surface area contributed by atoms with Crippen molar-refractivity contribution in [2.45, 2.75) is 17.4 Å². The Morgan fingerprint density at radius 2 is 2.12 bits per heavy atom. The van der Waals surface area contributed by atoms with Crippen molar-refractivity contribution in [1.29, 1.82) is 0 Å². The number of halogens is 1. The largest absolute Gasteiger partial charge is 0.316 e. The second kappa shape index (κ2) is 5.06. The molecule has 1 atom stereocenters. The molecule has 2 rings (SSSR count). The second-order valence-electron chi connectivity index (χ2n) is 4.07. The fourth-order valence-electron chi connectivity index (χ4n) is 1.98. The molecule has 1 aliphatic heterocycles. The van der Waals surface area contributed by atoms with Gasteiger partial charge >= 0.3 is 0 Å². The van der Waals surface area contributed by atoms with Gasteiger partial charge in [-0.2, -0.15) is 4.31 Å². The first-order valence-electron chi connectivity index (χ1n) is 5.47. The van der Waals surface area contributed by atoms with Crippen LogP contribution in [0.25, 0.3) is 0 Å². The summed E-state index contributed by atoms with van der Waals surface area (Å²) < 4.78 is 26.9. The average molecular weight is 319 g/mol. The van der Waals surface area contributed by atoms with E-state index in [1.807, 2.05) is 13.1 Å². The van der Waals surface area contributed by atoms with Crippen molar-refractivity contribution in [1.82, 2.24) is 9.62 Å². The average Bonchev–Trinajstić information content (AvgIpc) is 2.78. The van der Waals surface area contributed by atoms with Crippen molar-refractivity contribution in [3.8, 4) is 0 Å². The summed E-state index contributed by atoms with van der Waals surface area (Å²) in [7, 11) is -1.51. The highest BCUT2D eigenvalue weighted by atomic mass is 79.9. The topological polar surface area (TPSA) is 49.4 Å². The van der Waals surface area contributed by atoms with Gasteiger partial charge in [0.15, 0.2) is 0 Å². The Bertz CT molecular complexity index is 504. The molecule has 1 aromatic rings. The van der Waals surface area contributed by atoms with Crippen LogP contribution < -0.4 is 5.32 Å². The van der Waals surface area contributed by atoms with Crippen LogP contribution in [0.1, 0.15) is 6.42 Å². The van der Waals surface area contributed by atoms with Crippen LogP contribution in [0.15, 0.2) is 33.6 Å². The summed E-state index contributed by atoms with van der Waals surface area (Å²) in [5.74, 6) is 0. The van der Waals surface area contributed by atoms with Crippen molar-refractivity contribution in [3.63, 3.8) is 0 Å². The van der Waals surface area contributed by atoms with Gasteiger partial charge < -0.3 is 5.32 Å². The summed E-state index contributed by atoms with van der Waals surface area (Å²) in [5, 5.41) is 3.11. The molecule has 0 bridgehead atoms. The van der Waals surface area contributed by atoms with Crippen LogP contribution >= 0.6 is 15.9 Å². The van der Waals surface area contributed by atoms with E-state index in [9.17, 15) is 8.42 Å². The number of sulfonamides is 1. The van der Waals surface area contributed by atoms with Crippen molar-refractivity contribution in [2.75, 3.05) is 20.1 Å². The molecule has 17 heavy (non-hydrogen) atoms. The second-order valence-corrected chi connectivity index (χ2v) is 6.83. The van der Waals surface area contributed by atoms with Crippen LogP contribution in [-0.4, -0.2) is 38.9 Å². The van der Waals surface area contributed by atoms with Crippen molar-refractivity contribution in [2.24, 2.45) is 0 Å². The van der Waals surface area contributed by atoms with E-state index in [1.54, 1.807) is 18.2 Å². The molecule has 0 amide bonds.